The van der Waals surface area contributed by atoms with Crippen molar-refractivity contribution in [3.8, 4) is 0 Å². The standard InChI is InChI=1S/C28H34N6O3/c1-5-25(27-30-31-32-34(27)18-26(35)37-6-2)33(14-13-21-10-8-7-9-20(21)4)17-23-16-22-15-19(3)11-12-24(22)29-28(23)36/h7-12,15-16,25H,5-6,13-14,17-18H2,1-4H3,(H,29,36)/t25-/m0/s1. The van der Waals surface area contributed by atoms with Gasteiger partial charge >= 0.3 is 5.97 Å². The summed E-state index contributed by atoms with van der Waals surface area (Å²) in [5, 5.41) is 13.2. The van der Waals surface area contributed by atoms with Crippen molar-refractivity contribution in [2.24, 2.45) is 0 Å². The highest BCUT2D eigenvalue weighted by atomic mass is 16.5. The average Bonchev–Trinajstić information content (AvgIpc) is 3.32. The molecule has 0 saturated carbocycles. The summed E-state index contributed by atoms with van der Waals surface area (Å²) < 4.78 is 6.61. The number of benzene rings is 2. The van der Waals surface area contributed by atoms with E-state index in [2.05, 4.69) is 57.5 Å². The van der Waals surface area contributed by atoms with E-state index in [1.54, 1.807) is 6.92 Å². The average molecular weight is 503 g/mol. The first kappa shape index (κ1) is 26.2. The summed E-state index contributed by atoms with van der Waals surface area (Å²) in [7, 11) is 0. The number of esters is 1. The number of nitrogens with zero attached hydrogens (tertiary/aromatic N) is 5. The number of carbonyl (C=O) groups is 1. The molecule has 0 radical (unpaired) electrons. The molecule has 1 atom stereocenters. The van der Waals surface area contributed by atoms with Gasteiger partial charge in [-0.1, -0.05) is 42.8 Å². The van der Waals surface area contributed by atoms with Crippen LogP contribution in [-0.4, -0.2) is 49.2 Å². The fourth-order valence-electron chi connectivity index (χ4n) is 4.70. The van der Waals surface area contributed by atoms with Gasteiger partial charge in [-0.3, -0.25) is 14.5 Å². The van der Waals surface area contributed by atoms with Crippen molar-refractivity contribution in [2.45, 2.75) is 59.7 Å². The predicted octanol–water partition coefficient (Wildman–Crippen LogP) is 3.89. The van der Waals surface area contributed by atoms with Crippen LogP contribution in [0.3, 0.4) is 0 Å². The Bertz CT molecular complexity index is 1430. The summed E-state index contributed by atoms with van der Waals surface area (Å²) >= 11 is 0. The molecule has 0 fully saturated rings. The zero-order valence-electron chi connectivity index (χ0n) is 21.9. The molecule has 4 rings (SSSR count). The molecule has 2 aromatic carbocycles. The Kier molecular flexibility index (Phi) is 8.45. The number of aryl methyl sites for hydroxylation is 2. The number of H-pyrrole nitrogens is 1. The highest BCUT2D eigenvalue weighted by molar-refractivity contribution is 5.79. The van der Waals surface area contributed by atoms with Crippen LogP contribution in [0, 0.1) is 13.8 Å². The number of carbonyl (C=O) groups excluding carboxylic acids is 1. The van der Waals surface area contributed by atoms with Crippen molar-refractivity contribution < 1.29 is 9.53 Å². The van der Waals surface area contributed by atoms with Gasteiger partial charge in [0.05, 0.1) is 12.6 Å². The molecule has 4 aromatic rings. The van der Waals surface area contributed by atoms with Crippen LogP contribution < -0.4 is 5.56 Å². The number of rotatable bonds is 11. The van der Waals surface area contributed by atoms with Gasteiger partial charge in [0.25, 0.3) is 5.56 Å². The van der Waals surface area contributed by atoms with Crippen LogP contribution in [0.25, 0.3) is 10.9 Å². The number of hydrogen-bond donors (Lipinski definition) is 1. The summed E-state index contributed by atoms with van der Waals surface area (Å²) in [6.07, 6.45) is 1.49. The van der Waals surface area contributed by atoms with E-state index in [-0.39, 0.29) is 18.1 Å². The van der Waals surface area contributed by atoms with E-state index < -0.39 is 5.97 Å². The van der Waals surface area contributed by atoms with Crippen LogP contribution in [0.2, 0.25) is 0 Å². The van der Waals surface area contributed by atoms with Crippen molar-refractivity contribution >= 4 is 16.9 Å². The number of ether oxygens (including phenoxy) is 1. The summed E-state index contributed by atoms with van der Waals surface area (Å²) in [6, 6.07) is 16.1. The lowest BCUT2D eigenvalue weighted by Crippen LogP contribution is -2.34. The Morgan fingerprint density at radius 3 is 2.68 bits per heavy atom. The predicted molar refractivity (Wildman–Crippen MR) is 142 cm³/mol. The van der Waals surface area contributed by atoms with E-state index in [0.29, 0.717) is 37.5 Å². The fourth-order valence-corrected chi connectivity index (χ4v) is 4.70. The van der Waals surface area contributed by atoms with Gasteiger partial charge in [-0.05, 0) is 78.8 Å². The van der Waals surface area contributed by atoms with Crippen LogP contribution in [0.15, 0.2) is 53.3 Å². The van der Waals surface area contributed by atoms with E-state index in [4.69, 9.17) is 4.74 Å². The maximum absolute atomic E-state index is 13.1. The fraction of sp³-hybridized carbons (Fsp3) is 0.393. The summed E-state index contributed by atoms with van der Waals surface area (Å²) in [6.45, 7) is 9.29. The molecule has 0 aliphatic rings. The largest absolute Gasteiger partial charge is 0.465 e. The molecule has 2 heterocycles. The van der Waals surface area contributed by atoms with Crippen molar-refractivity contribution in [3.63, 3.8) is 0 Å². The molecule has 1 N–H and O–H groups in total. The molecule has 0 aliphatic heterocycles. The number of aromatic nitrogens is 5. The lowest BCUT2D eigenvalue weighted by Gasteiger charge is -2.30. The molecule has 0 aliphatic carbocycles. The second kappa shape index (κ2) is 11.9. The number of pyridine rings is 1. The molecule has 0 saturated heterocycles. The Hall–Kier alpha value is -3.85. The minimum atomic E-state index is -0.390. The molecule has 194 valence electrons. The topological polar surface area (TPSA) is 106 Å². The number of nitrogens with one attached hydrogen (secondary N) is 1. The molecule has 9 nitrogen and oxygen atoms in total. The first-order valence-corrected chi connectivity index (χ1v) is 12.7. The van der Waals surface area contributed by atoms with Crippen LogP contribution in [0.5, 0.6) is 0 Å². The van der Waals surface area contributed by atoms with Gasteiger partial charge in [0.15, 0.2) is 5.82 Å². The van der Waals surface area contributed by atoms with Gasteiger partial charge in [-0.2, -0.15) is 0 Å². The maximum Gasteiger partial charge on any atom is 0.327 e. The maximum atomic E-state index is 13.1. The highest BCUT2D eigenvalue weighted by Gasteiger charge is 2.26. The van der Waals surface area contributed by atoms with E-state index in [1.165, 1.54) is 15.8 Å². The Morgan fingerprint density at radius 1 is 1.11 bits per heavy atom. The minimum absolute atomic E-state index is 0.0614. The number of fused-ring (bicyclic) bond motifs is 1. The van der Waals surface area contributed by atoms with E-state index in [9.17, 15) is 9.59 Å². The zero-order chi connectivity index (χ0) is 26.4. The first-order valence-electron chi connectivity index (χ1n) is 12.7. The van der Waals surface area contributed by atoms with E-state index in [0.717, 1.165) is 22.9 Å². The summed E-state index contributed by atoms with van der Waals surface area (Å²) in [5.41, 5.74) is 4.98. The Morgan fingerprint density at radius 2 is 1.92 bits per heavy atom. The summed E-state index contributed by atoms with van der Waals surface area (Å²) in [5.74, 6) is 0.187. The lowest BCUT2D eigenvalue weighted by atomic mass is 10.0. The van der Waals surface area contributed by atoms with Crippen molar-refractivity contribution in [1.82, 2.24) is 30.1 Å². The third-order valence-corrected chi connectivity index (χ3v) is 6.65. The van der Waals surface area contributed by atoms with Crippen molar-refractivity contribution in [3.05, 3.63) is 87.0 Å². The monoisotopic (exact) mass is 502 g/mol. The van der Waals surface area contributed by atoms with Gasteiger partial charge in [-0.15, -0.1) is 5.10 Å². The van der Waals surface area contributed by atoms with E-state index in [1.807, 2.05) is 37.3 Å². The van der Waals surface area contributed by atoms with Crippen LogP contribution >= 0.6 is 0 Å². The molecule has 0 unspecified atom stereocenters. The summed E-state index contributed by atoms with van der Waals surface area (Å²) in [4.78, 5) is 30.5. The molecule has 0 spiro atoms. The molecule has 37 heavy (non-hydrogen) atoms. The van der Waals surface area contributed by atoms with Gasteiger partial charge in [0, 0.05) is 24.2 Å². The normalized spacial score (nSPS) is 12.2. The molecule has 0 bridgehead atoms. The van der Waals surface area contributed by atoms with Crippen LogP contribution in [0.4, 0.5) is 0 Å². The molecule has 2 aromatic heterocycles. The lowest BCUT2D eigenvalue weighted by molar-refractivity contribution is -0.144. The number of hydrogen-bond acceptors (Lipinski definition) is 7. The van der Waals surface area contributed by atoms with Gasteiger partial charge < -0.3 is 9.72 Å². The minimum Gasteiger partial charge on any atom is -0.465 e. The second-order valence-electron chi connectivity index (χ2n) is 9.29. The number of aromatic amines is 1. The smallest absolute Gasteiger partial charge is 0.327 e. The van der Waals surface area contributed by atoms with E-state index >= 15 is 0 Å². The molecule has 9 heteroatoms. The first-order chi connectivity index (χ1) is 17.9. The molecular formula is C28H34N6O3. The second-order valence-corrected chi connectivity index (χ2v) is 9.29. The van der Waals surface area contributed by atoms with Gasteiger partial charge in [0.2, 0.25) is 0 Å². The van der Waals surface area contributed by atoms with Crippen molar-refractivity contribution in [2.75, 3.05) is 13.2 Å². The molecular weight excluding hydrogens is 468 g/mol. The third kappa shape index (κ3) is 6.29. The quantitative estimate of drug-likeness (QED) is 0.310. The van der Waals surface area contributed by atoms with Crippen molar-refractivity contribution in [1.29, 1.82) is 0 Å². The van der Waals surface area contributed by atoms with Crippen LogP contribution in [0.1, 0.15) is 54.4 Å². The SMILES string of the molecule is CCOC(=O)Cn1nnnc1[C@H](CC)N(CCc1ccccc1C)Cc1cc2cc(C)ccc2[nH]c1=O. The van der Waals surface area contributed by atoms with Gasteiger partial charge in [-0.25, -0.2) is 4.68 Å². The van der Waals surface area contributed by atoms with Crippen LogP contribution in [-0.2, 0) is 29.0 Å². The Labute approximate surface area is 216 Å². The molecule has 0 amide bonds. The number of tetrazole rings is 1. The highest BCUT2D eigenvalue weighted by Crippen LogP contribution is 2.25. The Balaban J connectivity index is 1.69. The third-order valence-electron chi connectivity index (χ3n) is 6.65. The van der Waals surface area contributed by atoms with Gasteiger partial charge in [0.1, 0.15) is 6.54 Å². The zero-order valence-corrected chi connectivity index (χ0v) is 21.9.